The Bertz CT molecular complexity index is 773. The van der Waals surface area contributed by atoms with Gasteiger partial charge in [0.15, 0.2) is 11.5 Å². The molecule has 2 N–H and O–H groups in total. The van der Waals surface area contributed by atoms with Gasteiger partial charge in [-0.1, -0.05) is 11.6 Å². The Morgan fingerprint density at radius 2 is 1.96 bits per heavy atom. The van der Waals surface area contributed by atoms with Crippen molar-refractivity contribution < 1.29 is 19.4 Å². The molecule has 7 heteroatoms. The summed E-state index contributed by atoms with van der Waals surface area (Å²) in [6.45, 7) is 3.81. The molecule has 0 spiro atoms. The van der Waals surface area contributed by atoms with E-state index in [9.17, 15) is 4.79 Å². The highest BCUT2D eigenvalue weighted by atomic mass is 35.5. The van der Waals surface area contributed by atoms with E-state index in [-0.39, 0.29) is 11.7 Å². The van der Waals surface area contributed by atoms with E-state index in [0.717, 1.165) is 5.56 Å². The van der Waals surface area contributed by atoms with Crippen molar-refractivity contribution >= 4 is 29.5 Å². The Kier molecular flexibility index (Phi) is 6.25. The molecule has 2 rings (SSSR count). The predicted molar refractivity (Wildman–Crippen MR) is 98.4 cm³/mol. The van der Waals surface area contributed by atoms with E-state index in [1.54, 1.807) is 37.6 Å². The minimum Gasteiger partial charge on any atom is -0.493 e. The lowest BCUT2D eigenvalue weighted by molar-refractivity contribution is 0.0697. The molecule has 25 heavy (non-hydrogen) atoms. The van der Waals surface area contributed by atoms with Gasteiger partial charge in [0.1, 0.15) is 0 Å². The van der Waals surface area contributed by atoms with Gasteiger partial charge in [-0.05, 0) is 55.8 Å². The van der Waals surface area contributed by atoms with Crippen LogP contribution >= 0.6 is 11.6 Å². The monoisotopic (exact) mass is 362 g/mol. The smallest absolute Gasteiger partial charge is 0.335 e. The second-order valence-electron chi connectivity index (χ2n) is 5.45. The molecule has 0 aromatic heterocycles. The highest BCUT2D eigenvalue weighted by Gasteiger charge is 2.12. The molecule has 0 amide bonds. The van der Waals surface area contributed by atoms with Crippen LogP contribution in [0.1, 0.15) is 29.8 Å². The van der Waals surface area contributed by atoms with Crippen molar-refractivity contribution in [3.63, 3.8) is 0 Å². The molecule has 132 valence electrons. The van der Waals surface area contributed by atoms with Crippen molar-refractivity contribution in [1.29, 1.82) is 0 Å². The molecule has 6 nitrogen and oxygen atoms in total. The Morgan fingerprint density at radius 3 is 2.52 bits per heavy atom. The molecule has 0 unspecified atom stereocenters. The summed E-state index contributed by atoms with van der Waals surface area (Å²) in [4.78, 5) is 10.8. The zero-order valence-corrected chi connectivity index (χ0v) is 14.9. The van der Waals surface area contributed by atoms with Crippen LogP contribution in [0.5, 0.6) is 11.5 Å². The quantitative estimate of drug-likeness (QED) is 0.567. The Hall–Kier alpha value is -2.73. The second kappa shape index (κ2) is 8.39. The molecule has 0 aliphatic heterocycles. The van der Waals surface area contributed by atoms with Crippen LogP contribution in [0.2, 0.25) is 5.02 Å². The molecule has 0 aliphatic carbocycles. The van der Waals surface area contributed by atoms with E-state index in [1.165, 1.54) is 12.1 Å². The number of carbonyl (C=O) groups is 1. The largest absolute Gasteiger partial charge is 0.493 e. The Morgan fingerprint density at radius 1 is 1.28 bits per heavy atom. The number of nitrogens with zero attached hydrogens (tertiary/aromatic N) is 1. The van der Waals surface area contributed by atoms with Crippen molar-refractivity contribution in [2.24, 2.45) is 5.10 Å². The van der Waals surface area contributed by atoms with Gasteiger partial charge in [-0.15, -0.1) is 0 Å². The van der Waals surface area contributed by atoms with Crippen LogP contribution in [-0.4, -0.2) is 30.5 Å². The van der Waals surface area contributed by atoms with Crippen molar-refractivity contribution in [3.8, 4) is 11.5 Å². The summed E-state index contributed by atoms with van der Waals surface area (Å²) in [6.07, 6.45) is 1.56. The molecule has 0 bridgehead atoms. The molecule has 2 aromatic carbocycles. The van der Waals surface area contributed by atoms with Crippen molar-refractivity contribution in [2.75, 3.05) is 12.5 Å². The van der Waals surface area contributed by atoms with Crippen LogP contribution < -0.4 is 14.9 Å². The Labute approximate surface area is 151 Å². The summed E-state index contributed by atoms with van der Waals surface area (Å²) < 4.78 is 11.0. The van der Waals surface area contributed by atoms with Gasteiger partial charge in [-0.3, -0.25) is 5.43 Å². The standard InChI is InChI=1S/C18H19ClN2O4/c1-11(2)25-17-15(19)8-12(9-16(17)24-3)10-20-21-14-6-4-13(5-7-14)18(22)23/h4-11,21H,1-3H3,(H,22,23)/b20-10-. The number of anilines is 1. The third kappa shape index (κ3) is 5.12. The van der Waals surface area contributed by atoms with Gasteiger partial charge in [-0.25, -0.2) is 4.79 Å². The van der Waals surface area contributed by atoms with Crippen LogP contribution in [0.4, 0.5) is 5.69 Å². The highest BCUT2D eigenvalue weighted by molar-refractivity contribution is 6.32. The molecule has 0 radical (unpaired) electrons. The predicted octanol–water partition coefficient (Wildman–Crippen LogP) is 4.28. The van der Waals surface area contributed by atoms with E-state index >= 15 is 0 Å². The minimum absolute atomic E-state index is 0.0265. The zero-order valence-electron chi connectivity index (χ0n) is 14.1. The summed E-state index contributed by atoms with van der Waals surface area (Å²) in [5.74, 6) is 0.0440. The summed E-state index contributed by atoms with van der Waals surface area (Å²) in [6, 6.07) is 9.75. The van der Waals surface area contributed by atoms with Gasteiger partial charge in [0.25, 0.3) is 0 Å². The average Bonchev–Trinajstić information content (AvgIpc) is 2.57. The van der Waals surface area contributed by atoms with Crippen LogP contribution in [0.25, 0.3) is 0 Å². The number of hydrogen-bond donors (Lipinski definition) is 2. The number of nitrogens with one attached hydrogen (secondary N) is 1. The molecule has 0 fully saturated rings. The number of halogens is 1. The first-order chi connectivity index (χ1) is 11.9. The number of rotatable bonds is 7. The lowest BCUT2D eigenvalue weighted by Gasteiger charge is -2.15. The second-order valence-corrected chi connectivity index (χ2v) is 5.86. The van der Waals surface area contributed by atoms with Gasteiger partial charge >= 0.3 is 5.97 Å². The van der Waals surface area contributed by atoms with E-state index in [4.69, 9.17) is 26.2 Å². The summed E-state index contributed by atoms with van der Waals surface area (Å²) in [5.41, 5.74) is 4.43. The van der Waals surface area contributed by atoms with Gasteiger partial charge in [0.2, 0.25) is 0 Å². The number of hydrogen-bond acceptors (Lipinski definition) is 5. The number of hydrazone groups is 1. The molecular formula is C18H19ClN2O4. The summed E-state index contributed by atoms with van der Waals surface area (Å²) in [7, 11) is 1.54. The van der Waals surface area contributed by atoms with Gasteiger partial charge in [0.05, 0.1) is 35.7 Å². The van der Waals surface area contributed by atoms with Gasteiger partial charge in [0, 0.05) is 0 Å². The topological polar surface area (TPSA) is 80.2 Å². The highest BCUT2D eigenvalue weighted by Crippen LogP contribution is 2.36. The van der Waals surface area contributed by atoms with Crippen LogP contribution in [0.15, 0.2) is 41.5 Å². The Balaban J connectivity index is 2.12. The lowest BCUT2D eigenvalue weighted by Crippen LogP contribution is -2.07. The SMILES string of the molecule is COc1cc(/C=N\Nc2ccc(C(=O)O)cc2)cc(Cl)c1OC(C)C. The van der Waals surface area contributed by atoms with Crippen molar-refractivity contribution in [1.82, 2.24) is 0 Å². The fourth-order valence-corrected chi connectivity index (χ4v) is 2.30. The third-order valence-electron chi connectivity index (χ3n) is 3.14. The van der Waals surface area contributed by atoms with E-state index in [0.29, 0.717) is 22.2 Å². The molecule has 0 saturated carbocycles. The van der Waals surface area contributed by atoms with E-state index in [2.05, 4.69) is 10.5 Å². The number of benzene rings is 2. The minimum atomic E-state index is -0.972. The van der Waals surface area contributed by atoms with Gasteiger partial charge in [-0.2, -0.15) is 5.10 Å². The molecule has 0 aliphatic rings. The first-order valence-corrected chi connectivity index (χ1v) is 7.95. The molecule has 0 atom stereocenters. The number of ether oxygens (including phenoxy) is 2. The maximum Gasteiger partial charge on any atom is 0.335 e. The lowest BCUT2D eigenvalue weighted by atomic mass is 10.2. The van der Waals surface area contributed by atoms with Crippen molar-refractivity contribution in [2.45, 2.75) is 20.0 Å². The fourth-order valence-electron chi connectivity index (χ4n) is 2.03. The van der Waals surface area contributed by atoms with Crippen LogP contribution in [0, 0.1) is 0 Å². The molecule has 0 heterocycles. The first kappa shape index (κ1) is 18.6. The number of aromatic carboxylic acids is 1. The van der Waals surface area contributed by atoms with Crippen LogP contribution in [0.3, 0.4) is 0 Å². The molecular weight excluding hydrogens is 344 g/mol. The maximum atomic E-state index is 10.8. The number of methoxy groups -OCH3 is 1. The first-order valence-electron chi connectivity index (χ1n) is 7.57. The van der Waals surface area contributed by atoms with Gasteiger partial charge < -0.3 is 14.6 Å². The molecule has 0 saturated heterocycles. The maximum absolute atomic E-state index is 10.8. The van der Waals surface area contributed by atoms with E-state index < -0.39 is 5.97 Å². The van der Waals surface area contributed by atoms with Crippen molar-refractivity contribution in [3.05, 3.63) is 52.5 Å². The normalized spacial score (nSPS) is 10.9. The number of carboxylic acids is 1. The number of carboxylic acid groups (broad SMARTS) is 1. The zero-order chi connectivity index (χ0) is 18.4. The van der Waals surface area contributed by atoms with E-state index in [1.807, 2.05) is 13.8 Å². The van der Waals surface area contributed by atoms with Crippen LogP contribution in [-0.2, 0) is 0 Å². The summed E-state index contributed by atoms with van der Waals surface area (Å²) >= 11 is 6.26. The third-order valence-corrected chi connectivity index (χ3v) is 3.43. The summed E-state index contributed by atoms with van der Waals surface area (Å²) in [5, 5.41) is 13.4. The fraction of sp³-hybridized carbons (Fsp3) is 0.222. The molecule has 2 aromatic rings. The average molecular weight is 363 g/mol.